The number of amides is 1. The second-order valence-corrected chi connectivity index (χ2v) is 4.09. The van der Waals surface area contributed by atoms with Gasteiger partial charge < -0.3 is 10.3 Å². The van der Waals surface area contributed by atoms with Crippen LogP contribution in [0.4, 0.5) is 5.69 Å². The highest BCUT2D eigenvalue weighted by Gasteiger charge is 2.06. The van der Waals surface area contributed by atoms with Gasteiger partial charge in [0.1, 0.15) is 0 Å². The third kappa shape index (κ3) is 1.76. The van der Waals surface area contributed by atoms with E-state index in [1.165, 1.54) is 0 Å². The SMILES string of the molecule is O=CNc1ccc2[nH]cc(-c3ccccc3)c2c1. The molecular formula is C15H12N2O. The first-order chi connectivity index (χ1) is 8.88. The quantitative estimate of drug-likeness (QED) is 0.672. The number of aromatic amines is 1. The van der Waals surface area contributed by atoms with Gasteiger partial charge in [-0.3, -0.25) is 4.79 Å². The van der Waals surface area contributed by atoms with E-state index in [1.807, 2.05) is 42.6 Å². The summed E-state index contributed by atoms with van der Waals surface area (Å²) in [5, 5.41) is 3.78. The summed E-state index contributed by atoms with van der Waals surface area (Å²) in [5.41, 5.74) is 4.16. The summed E-state index contributed by atoms with van der Waals surface area (Å²) in [6.07, 6.45) is 2.68. The van der Waals surface area contributed by atoms with Crippen LogP contribution in [0.5, 0.6) is 0 Å². The Bertz CT molecular complexity index is 686. The van der Waals surface area contributed by atoms with Gasteiger partial charge in [0.25, 0.3) is 0 Å². The van der Waals surface area contributed by atoms with Crippen LogP contribution in [0.3, 0.4) is 0 Å². The summed E-state index contributed by atoms with van der Waals surface area (Å²) in [7, 11) is 0. The summed E-state index contributed by atoms with van der Waals surface area (Å²) in [5.74, 6) is 0. The van der Waals surface area contributed by atoms with Gasteiger partial charge in [-0.25, -0.2) is 0 Å². The molecule has 2 N–H and O–H groups in total. The molecule has 0 aliphatic rings. The number of aromatic nitrogens is 1. The van der Waals surface area contributed by atoms with Gasteiger partial charge in [-0.15, -0.1) is 0 Å². The Morgan fingerprint density at radius 1 is 1.06 bits per heavy atom. The van der Waals surface area contributed by atoms with Gasteiger partial charge in [0.05, 0.1) is 0 Å². The highest BCUT2D eigenvalue weighted by atomic mass is 16.1. The van der Waals surface area contributed by atoms with E-state index in [-0.39, 0.29) is 0 Å². The molecule has 1 aromatic heterocycles. The van der Waals surface area contributed by atoms with E-state index >= 15 is 0 Å². The molecule has 0 bridgehead atoms. The summed E-state index contributed by atoms with van der Waals surface area (Å²) < 4.78 is 0. The van der Waals surface area contributed by atoms with Crippen molar-refractivity contribution in [2.45, 2.75) is 0 Å². The molecule has 3 aromatic rings. The molecule has 0 radical (unpaired) electrons. The van der Waals surface area contributed by atoms with Crippen LogP contribution in [0, 0.1) is 0 Å². The number of hydrogen-bond donors (Lipinski definition) is 2. The lowest BCUT2D eigenvalue weighted by molar-refractivity contribution is -0.105. The number of benzene rings is 2. The van der Waals surface area contributed by atoms with Crippen molar-refractivity contribution >= 4 is 23.0 Å². The maximum absolute atomic E-state index is 10.5. The van der Waals surface area contributed by atoms with Crippen LogP contribution in [0.15, 0.2) is 54.7 Å². The first-order valence-corrected chi connectivity index (χ1v) is 5.75. The Hall–Kier alpha value is -2.55. The molecule has 2 aromatic carbocycles. The minimum Gasteiger partial charge on any atom is -0.361 e. The fourth-order valence-electron chi connectivity index (χ4n) is 2.13. The first kappa shape index (κ1) is 10.6. The maximum atomic E-state index is 10.5. The van der Waals surface area contributed by atoms with Crippen molar-refractivity contribution in [3.8, 4) is 11.1 Å². The zero-order chi connectivity index (χ0) is 12.4. The number of rotatable bonds is 3. The van der Waals surface area contributed by atoms with E-state index < -0.39 is 0 Å². The first-order valence-electron chi connectivity index (χ1n) is 5.75. The summed E-state index contributed by atoms with van der Waals surface area (Å²) >= 11 is 0. The van der Waals surface area contributed by atoms with Gasteiger partial charge in [0.15, 0.2) is 0 Å². The predicted octanol–water partition coefficient (Wildman–Crippen LogP) is 3.40. The molecule has 1 amide bonds. The Balaban J connectivity index is 2.18. The van der Waals surface area contributed by atoms with Crippen LogP contribution in [0.25, 0.3) is 22.0 Å². The van der Waals surface area contributed by atoms with Crippen LogP contribution >= 0.6 is 0 Å². The van der Waals surface area contributed by atoms with Gasteiger partial charge in [-0.1, -0.05) is 30.3 Å². The minimum atomic E-state index is 0.690. The van der Waals surface area contributed by atoms with Gasteiger partial charge >= 0.3 is 0 Å². The molecule has 0 fully saturated rings. The van der Waals surface area contributed by atoms with Crippen molar-refractivity contribution in [2.24, 2.45) is 0 Å². The second kappa shape index (κ2) is 4.37. The van der Waals surface area contributed by atoms with Gasteiger partial charge in [-0.05, 0) is 23.8 Å². The van der Waals surface area contributed by atoms with E-state index in [4.69, 9.17) is 0 Å². The van der Waals surface area contributed by atoms with Crippen LogP contribution in [-0.4, -0.2) is 11.4 Å². The highest BCUT2D eigenvalue weighted by molar-refractivity contribution is 5.98. The molecular weight excluding hydrogens is 224 g/mol. The molecule has 88 valence electrons. The zero-order valence-corrected chi connectivity index (χ0v) is 9.68. The van der Waals surface area contributed by atoms with Gasteiger partial charge in [0.2, 0.25) is 6.41 Å². The largest absolute Gasteiger partial charge is 0.361 e. The van der Waals surface area contributed by atoms with Crippen molar-refractivity contribution in [1.29, 1.82) is 0 Å². The summed E-state index contributed by atoms with van der Waals surface area (Å²) in [4.78, 5) is 13.7. The number of hydrogen-bond acceptors (Lipinski definition) is 1. The average Bonchev–Trinajstić information content (AvgIpc) is 2.83. The molecule has 3 nitrogen and oxygen atoms in total. The fourth-order valence-corrected chi connectivity index (χ4v) is 2.13. The maximum Gasteiger partial charge on any atom is 0.211 e. The smallest absolute Gasteiger partial charge is 0.211 e. The fraction of sp³-hybridized carbons (Fsp3) is 0. The van der Waals surface area contributed by atoms with Gasteiger partial charge in [-0.2, -0.15) is 0 Å². The van der Waals surface area contributed by atoms with Crippen molar-refractivity contribution < 1.29 is 4.79 Å². The van der Waals surface area contributed by atoms with E-state index in [0.29, 0.717) is 6.41 Å². The number of carbonyl (C=O) groups excluding carboxylic acids is 1. The van der Waals surface area contributed by atoms with Crippen LogP contribution in [0.1, 0.15) is 0 Å². The number of nitrogens with one attached hydrogen (secondary N) is 2. The van der Waals surface area contributed by atoms with Gasteiger partial charge in [0, 0.05) is 28.4 Å². The van der Waals surface area contributed by atoms with Crippen LogP contribution in [0.2, 0.25) is 0 Å². The average molecular weight is 236 g/mol. The summed E-state index contributed by atoms with van der Waals surface area (Å²) in [6, 6.07) is 16.0. The van der Waals surface area contributed by atoms with E-state index in [0.717, 1.165) is 27.7 Å². The Morgan fingerprint density at radius 2 is 1.89 bits per heavy atom. The summed E-state index contributed by atoms with van der Waals surface area (Å²) in [6.45, 7) is 0. The molecule has 0 saturated heterocycles. The number of H-pyrrole nitrogens is 1. The molecule has 0 spiro atoms. The molecule has 18 heavy (non-hydrogen) atoms. The van der Waals surface area contributed by atoms with E-state index in [2.05, 4.69) is 22.4 Å². The third-order valence-corrected chi connectivity index (χ3v) is 2.99. The Morgan fingerprint density at radius 3 is 2.67 bits per heavy atom. The highest BCUT2D eigenvalue weighted by Crippen LogP contribution is 2.30. The lowest BCUT2D eigenvalue weighted by atomic mass is 10.0. The molecule has 0 aliphatic heterocycles. The van der Waals surface area contributed by atoms with E-state index in [1.54, 1.807) is 0 Å². The normalized spacial score (nSPS) is 10.4. The number of carbonyl (C=O) groups is 1. The van der Waals surface area contributed by atoms with Crippen molar-refractivity contribution in [1.82, 2.24) is 4.98 Å². The molecule has 3 heteroatoms. The lowest BCUT2D eigenvalue weighted by Gasteiger charge is -2.01. The molecule has 1 heterocycles. The Kier molecular flexibility index (Phi) is 2.57. The molecule has 0 saturated carbocycles. The molecule has 3 rings (SSSR count). The standard InChI is InChI=1S/C15H12N2O/c18-10-17-12-6-7-15-13(8-12)14(9-16-15)11-4-2-1-3-5-11/h1-10,16H,(H,17,18). The van der Waals surface area contributed by atoms with Crippen LogP contribution in [-0.2, 0) is 4.79 Å². The zero-order valence-electron chi connectivity index (χ0n) is 9.68. The molecule has 0 atom stereocenters. The monoisotopic (exact) mass is 236 g/mol. The number of anilines is 1. The van der Waals surface area contributed by atoms with E-state index in [9.17, 15) is 4.79 Å². The topological polar surface area (TPSA) is 44.9 Å². The van der Waals surface area contributed by atoms with Crippen molar-refractivity contribution in [2.75, 3.05) is 5.32 Å². The second-order valence-electron chi connectivity index (χ2n) is 4.09. The van der Waals surface area contributed by atoms with Crippen molar-refractivity contribution in [3.63, 3.8) is 0 Å². The van der Waals surface area contributed by atoms with Crippen molar-refractivity contribution in [3.05, 3.63) is 54.7 Å². The minimum absolute atomic E-state index is 0.690. The number of fused-ring (bicyclic) bond motifs is 1. The molecule has 0 unspecified atom stereocenters. The molecule has 0 aliphatic carbocycles. The predicted molar refractivity (Wildman–Crippen MR) is 73.4 cm³/mol. The lowest BCUT2D eigenvalue weighted by Crippen LogP contribution is -1.92. The Labute approximate surface area is 104 Å². The van der Waals surface area contributed by atoms with Crippen LogP contribution < -0.4 is 5.32 Å². The third-order valence-electron chi connectivity index (χ3n) is 2.99.